The summed E-state index contributed by atoms with van der Waals surface area (Å²) < 4.78 is 3.61. The van der Waals surface area contributed by atoms with E-state index in [2.05, 4.69) is 0 Å². The van der Waals surface area contributed by atoms with E-state index in [0.29, 0.717) is 19.6 Å². The van der Waals surface area contributed by atoms with Crippen molar-refractivity contribution >= 4 is 25.6 Å². The fraction of sp³-hybridized carbons (Fsp3) is 0.429. The van der Waals surface area contributed by atoms with Crippen molar-refractivity contribution < 1.29 is 9.59 Å². The molecule has 1 aromatic carbocycles. The molecule has 4 amide bonds. The standard InChI is InChI=1S/C14H20N3O2P/c1-4-15-13(18)16(5-2)20(17(6-3)14(15)19)12-10-8-7-9-11-12/h7-11H,4-6H2,1-3H3. The lowest BCUT2D eigenvalue weighted by atomic mass is 10.4. The Morgan fingerprint density at radius 1 is 0.850 bits per heavy atom. The minimum atomic E-state index is -1.08. The molecule has 1 saturated heterocycles. The van der Waals surface area contributed by atoms with Gasteiger partial charge in [-0.3, -0.25) is 9.34 Å². The van der Waals surface area contributed by atoms with Crippen LogP contribution in [0.25, 0.3) is 0 Å². The predicted octanol–water partition coefficient (Wildman–Crippen LogP) is 2.84. The van der Waals surface area contributed by atoms with Crippen molar-refractivity contribution in [1.82, 2.24) is 14.2 Å². The molecule has 108 valence electrons. The lowest BCUT2D eigenvalue weighted by Gasteiger charge is -2.45. The van der Waals surface area contributed by atoms with Gasteiger partial charge < -0.3 is 0 Å². The number of urea groups is 2. The summed E-state index contributed by atoms with van der Waals surface area (Å²) in [5.41, 5.74) is 0. The molecular formula is C14H20N3O2P. The Morgan fingerprint density at radius 3 is 1.75 bits per heavy atom. The maximum atomic E-state index is 12.5. The van der Waals surface area contributed by atoms with Crippen molar-refractivity contribution in [3.05, 3.63) is 30.3 Å². The molecule has 2 rings (SSSR count). The van der Waals surface area contributed by atoms with Crippen LogP contribution in [0.2, 0.25) is 0 Å². The Kier molecular flexibility index (Phi) is 4.61. The Hall–Kier alpha value is -1.61. The molecule has 0 aliphatic carbocycles. The van der Waals surface area contributed by atoms with E-state index >= 15 is 0 Å². The maximum absolute atomic E-state index is 12.5. The van der Waals surface area contributed by atoms with Gasteiger partial charge in [0.1, 0.15) is 8.22 Å². The molecule has 1 aliphatic heterocycles. The van der Waals surface area contributed by atoms with E-state index < -0.39 is 8.22 Å². The van der Waals surface area contributed by atoms with Crippen LogP contribution in [0.15, 0.2) is 30.3 Å². The van der Waals surface area contributed by atoms with Gasteiger partial charge in [-0.1, -0.05) is 30.3 Å². The van der Waals surface area contributed by atoms with Crippen molar-refractivity contribution in [1.29, 1.82) is 0 Å². The molecule has 0 saturated carbocycles. The number of benzene rings is 1. The summed E-state index contributed by atoms with van der Waals surface area (Å²) >= 11 is 0. The largest absolute Gasteiger partial charge is 0.332 e. The SMILES string of the molecule is CCN1C(=O)N(CC)P(c2ccccc2)N(CC)C1=O. The first-order valence-corrected chi connectivity index (χ1v) is 8.15. The first-order valence-electron chi connectivity index (χ1n) is 6.91. The first kappa shape index (κ1) is 14.8. The van der Waals surface area contributed by atoms with E-state index in [1.165, 1.54) is 4.90 Å². The summed E-state index contributed by atoms with van der Waals surface area (Å²) in [5.74, 6) is 0. The topological polar surface area (TPSA) is 43.9 Å². The van der Waals surface area contributed by atoms with E-state index in [-0.39, 0.29) is 12.1 Å². The normalized spacial score (nSPS) is 17.1. The van der Waals surface area contributed by atoms with Crippen molar-refractivity contribution in [3.63, 3.8) is 0 Å². The van der Waals surface area contributed by atoms with Crippen molar-refractivity contribution in [2.75, 3.05) is 19.6 Å². The van der Waals surface area contributed by atoms with Crippen LogP contribution >= 0.6 is 8.22 Å². The van der Waals surface area contributed by atoms with Gasteiger partial charge in [-0.25, -0.2) is 14.5 Å². The van der Waals surface area contributed by atoms with Crippen LogP contribution in [0.3, 0.4) is 0 Å². The third kappa shape index (κ3) is 2.38. The average molecular weight is 293 g/mol. The van der Waals surface area contributed by atoms with Crippen molar-refractivity contribution in [2.24, 2.45) is 0 Å². The van der Waals surface area contributed by atoms with Gasteiger partial charge in [0.25, 0.3) is 0 Å². The molecule has 1 heterocycles. The molecule has 0 unspecified atom stereocenters. The molecule has 6 heteroatoms. The molecule has 0 atom stereocenters. The van der Waals surface area contributed by atoms with Gasteiger partial charge in [0.05, 0.1) is 0 Å². The van der Waals surface area contributed by atoms with Crippen molar-refractivity contribution in [3.8, 4) is 0 Å². The van der Waals surface area contributed by atoms with E-state index in [9.17, 15) is 9.59 Å². The number of carbonyl (C=O) groups excluding carboxylic acids is 2. The van der Waals surface area contributed by atoms with Crippen LogP contribution in [0, 0.1) is 0 Å². The monoisotopic (exact) mass is 293 g/mol. The van der Waals surface area contributed by atoms with Crippen LogP contribution in [0.1, 0.15) is 20.8 Å². The second-order valence-corrected chi connectivity index (χ2v) is 6.43. The zero-order valence-electron chi connectivity index (χ0n) is 12.1. The highest BCUT2D eigenvalue weighted by Crippen LogP contribution is 2.47. The van der Waals surface area contributed by atoms with Crippen LogP contribution < -0.4 is 5.30 Å². The third-order valence-electron chi connectivity index (χ3n) is 3.26. The number of nitrogens with zero attached hydrogens (tertiary/aromatic N) is 3. The second-order valence-electron chi connectivity index (χ2n) is 4.37. The van der Waals surface area contributed by atoms with Gasteiger partial charge in [-0.2, -0.15) is 0 Å². The summed E-state index contributed by atoms with van der Waals surface area (Å²) in [7, 11) is -1.08. The van der Waals surface area contributed by atoms with Crippen LogP contribution in [0.4, 0.5) is 9.59 Å². The number of hydrogen-bond acceptors (Lipinski definition) is 2. The highest BCUT2D eigenvalue weighted by Gasteiger charge is 2.43. The molecular weight excluding hydrogens is 273 g/mol. The highest BCUT2D eigenvalue weighted by molar-refractivity contribution is 7.62. The molecule has 0 aromatic heterocycles. The van der Waals surface area contributed by atoms with Crippen LogP contribution in [-0.2, 0) is 0 Å². The number of imide groups is 1. The first-order chi connectivity index (χ1) is 9.65. The Balaban J connectivity index is 2.46. The number of rotatable bonds is 4. The Morgan fingerprint density at radius 2 is 1.35 bits per heavy atom. The van der Waals surface area contributed by atoms with E-state index in [0.717, 1.165) is 5.30 Å². The van der Waals surface area contributed by atoms with Crippen LogP contribution in [0.5, 0.6) is 0 Å². The molecule has 0 N–H and O–H groups in total. The molecule has 0 spiro atoms. The summed E-state index contributed by atoms with van der Waals surface area (Å²) in [6, 6.07) is 9.44. The zero-order valence-corrected chi connectivity index (χ0v) is 13.0. The van der Waals surface area contributed by atoms with Gasteiger partial charge in [-0.05, 0) is 20.8 Å². The minimum Gasteiger partial charge on any atom is -0.282 e. The number of carbonyl (C=O) groups is 2. The Labute approximate surface area is 121 Å². The summed E-state index contributed by atoms with van der Waals surface area (Å²) in [4.78, 5) is 26.2. The van der Waals surface area contributed by atoms with E-state index in [1.54, 1.807) is 9.34 Å². The summed E-state index contributed by atoms with van der Waals surface area (Å²) in [6.45, 7) is 7.33. The lowest BCUT2D eigenvalue weighted by molar-refractivity contribution is 0.156. The fourth-order valence-corrected chi connectivity index (χ4v) is 4.63. The third-order valence-corrected chi connectivity index (χ3v) is 5.85. The quantitative estimate of drug-likeness (QED) is 0.801. The van der Waals surface area contributed by atoms with Gasteiger partial charge >= 0.3 is 12.1 Å². The minimum absolute atomic E-state index is 0.181. The molecule has 20 heavy (non-hydrogen) atoms. The lowest BCUT2D eigenvalue weighted by Crippen LogP contribution is -2.57. The highest BCUT2D eigenvalue weighted by atomic mass is 31.1. The van der Waals surface area contributed by atoms with E-state index in [4.69, 9.17) is 0 Å². The predicted molar refractivity (Wildman–Crippen MR) is 80.9 cm³/mol. The zero-order chi connectivity index (χ0) is 14.7. The fourth-order valence-electron chi connectivity index (χ4n) is 2.30. The number of amides is 4. The van der Waals surface area contributed by atoms with Gasteiger partial charge in [0.15, 0.2) is 0 Å². The molecule has 1 fully saturated rings. The Bertz CT molecular complexity index is 470. The molecule has 5 nitrogen and oxygen atoms in total. The van der Waals surface area contributed by atoms with Gasteiger partial charge in [-0.15, -0.1) is 0 Å². The average Bonchev–Trinajstić information content (AvgIpc) is 2.48. The number of hydrogen-bond donors (Lipinski definition) is 0. The maximum Gasteiger partial charge on any atom is 0.332 e. The summed E-state index contributed by atoms with van der Waals surface area (Å²) in [6.07, 6.45) is 0. The van der Waals surface area contributed by atoms with Crippen LogP contribution in [-0.4, -0.2) is 45.9 Å². The van der Waals surface area contributed by atoms with Gasteiger partial charge in [0, 0.05) is 24.9 Å². The molecule has 1 aliphatic rings. The van der Waals surface area contributed by atoms with Gasteiger partial charge in [0.2, 0.25) is 0 Å². The molecule has 0 radical (unpaired) electrons. The second kappa shape index (κ2) is 6.23. The summed E-state index contributed by atoms with van der Waals surface area (Å²) in [5, 5.41) is 1.03. The smallest absolute Gasteiger partial charge is 0.282 e. The van der Waals surface area contributed by atoms with Crippen molar-refractivity contribution in [2.45, 2.75) is 20.8 Å². The molecule has 0 bridgehead atoms. The van der Waals surface area contributed by atoms with E-state index in [1.807, 2.05) is 51.1 Å². The molecule has 1 aromatic rings.